The fraction of sp³-hybridized carbons (Fsp3) is 0.481. The third-order valence-electron chi connectivity index (χ3n) is 19.3. The average Bonchev–Trinajstić information content (AvgIpc) is 1.61. The van der Waals surface area contributed by atoms with Gasteiger partial charge in [0.15, 0.2) is 11.4 Å². The monoisotopic (exact) mass is 1290 g/mol. The number of hydrogen-bond acceptors (Lipinski definition) is 9. The molecule has 15 heteroatoms. The van der Waals surface area contributed by atoms with Crippen LogP contribution >= 0.6 is 0 Å². The van der Waals surface area contributed by atoms with Crippen LogP contribution in [0.25, 0.3) is 16.9 Å². The molecule has 0 spiro atoms. The third-order valence-corrected chi connectivity index (χ3v) is 20.2. The summed E-state index contributed by atoms with van der Waals surface area (Å²) in [5, 5.41) is 8.23. The Kier molecular flexibility index (Phi) is 24.2. The minimum atomic E-state index is -4.38. The summed E-state index contributed by atoms with van der Waals surface area (Å²) in [6, 6.07) is 29.8. The zero-order chi connectivity index (χ0) is 67.2. The van der Waals surface area contributed by atoms with Crippen LogP contribution in [-0.2, 0) is 49.8 Å². The molecule has 14 nitrogen and oxygen atoms in total. The van der Waals surface area contributed by atoms with Crippen molar-refractivity contribution in [1.82, 2.24) is 24.8 Å². The molecule has 0 radical (unpaired) electrons. The Morgan fingerprint density at radius 2 is 1.43 bits per heavy atom. The molecule has 0 atom stereocenters. The lowest BCUT2D eigenvalue weighted by Gasteiger charge is -2.27. The van der Waals surface area contributed by atoms with Crippen molar-refractivity contribution in [2.24, 2.45) is 0 Å². The van der Waals surface area contributed by atoms with Crippen LogP contribution in [0, 0.1) is 13.8 Å². The van der Waals surface area contributed by atoms with E-state index in [9.17, 15) is 22.6 Å². The maximum atomic E-state index is 13.4. The highest BCUT2D eigenvalue weighted by molar-refractivity contribution is 7.85. The SMILES string of the molecule is CCCCC[N+]1=C(C=CC2=C(Oc3ccc(S(=O)(=O)O)cc3)C(=CC=C3N(CCCCCC(=O)NCCCCCCCCOc4ccc(-c5nn6c(CC)cc(CC)nc6c5CC(=O)N(CC)CC)cc4)c4ccc(C)cc4C3(C)C)CCC2)C(C)(C)c2cc(C)ccc21. The summed E-state index contributed by atoms with van der Waals surface area (Å²) in [6.45, 7) is 28.5. The van der Waals surface area contributed by atoms with Crippen LogP contribution in [0.15, 0.2) is 143 Å². The first-order valence-electron chi connectivity index (χ1n) is 35.1. The lowest BCUT2D eigenvalue weighted by atomic mass is 9.80. The number of aryl methyl sites for hydroxylation is 4. The molecule has 2 amide bonds. The van der Waals surface area contributed by atoms with Crippen LogP contribution in [0.3, 0.4) is 0 Å². The van der Waals surface area contributed by atoms with E-state index in [0.717, 1.165) is 179 Å². The first-order valence-corrected chi connectivity index (χ1v) is 36.6. The predicted octanol–water partition coefficient (Wildman–Crippen LogP) is 17.1. The Morgan fingerprint density at radius 1 is 0.734 bits per heavy atom. The highest BCUT2D eigenvalue weighted by Crippen LogP contribution is 2.49. The van der Waals surface area contributed by atoms with Gasteiger partial charge in [0.2, 0.25) is 17.5 Å². The molecule has 2 aromatic heterocycles. The zero-order valence-corrected chi connectivity index (χ0v) is 59.0. The molecule has 4 heterocycles. The lowest BCUT2D eigenvalue weighted by Crippen LogP contribution is -2.31. The van der Waals surface area contributed by atoms with Gasteiger partial charge in [-0.05, 0) is 201 Å². The smallest absolute Gasteiger partial charge is 0.294 e. The number of nitrogens with zero attached hydrogens (tertiary/aromatic N) is 6. The van der Waals surface area contributed by atoms with E-state index in [4.69, 9.17) is 19.6 Å². The van der Waals surface area contributed by atoms with Crippen LogP contribution < -0.4 is 19.7 Å². The van der Waals surface area contributed by atoms with Crippen molar-refractivity contribution < 1.29 is 36.6 Å². The highest BCUT2D eigenvalue weighted by Gasteiger charge is 2.44. The molecule has 0 fully saturated rings. The van der Waals surface area contributed by atoms with Gasteiger partial charge in [-0.15, -0.1) is 0 Å². The molecule has 0 unspecified atom stereocenters. The molecule has 2 aliphatic heterocycles. The number of allylic oxidation sites excluding steroid dienone is 7. The molecule has 1 aliphatic carbocycles. The van der Waals surface area contributed by atoms with Crippen molar-refractivity contribution in [1.29, 1.82) is 0 Å². The third kappa shape index (κ3) is 16.9. The number of carbonyl (C=O) groups is 2. The molecule has 0 saturated heterocycles. The number of carbonyl (C=O) groups excluding carboxylic acids is 2. The van der Waals surface area contributed by atoms with E-state index in [1.807, 2.05) is 47.5 Å². The molecular formula is C79H104N7O7S+. The molecule has 0 bridgehead atoms. The number of likely N-dealkylation sites (N-methyl/N-ethyl adjacent to an activating group) is 1. The summed E-state index contributed by atoms with van der Waals surface area (Å²) < 4.78 is 51.4. The van der Waals surface area contributed by atoms with Gasteiger partial charge in [0.25, 0.3) is 10.1 Å². The fourth-order valence-electron chi connectivity index (χ4n) is 13.8. The summed E-state index contributed by atoms with van der Waals surface area (Å²) in [6.07, 6.45) is 26.4. The second-order valence-corrected chi connectivity index (χ2v) is 28.3. The molecule has 94 heavy (non-hydrogen) atoms. The van der Waals surface area contributed by atoms with Crippen molar-refractivity contribution in [3.8, 4) is 22.8 Å². The molecular weight excluding hydrogens is 1190 g/mol. The van der Waals surface area contributed by atoms with Gasteiger partial charge in [-0.3, -0.25) is 14.1 Å². The largest absolute Gasteiger partial charge is 0.494 e. The molecule has 9 rings (SSSR count). The van der Waals surface area contributed by atoms with Gasteiger partial charge in [0.05, 0.1) is 29.0 Å². The molecule has 502 valence electrons. The van der Waals surface area contributed by atoms with Gasteiger partial charge in [-0.1, -0.05) is 109 Å². The molecule has 2 N–H and O–H groups in total. The van der Waals surface area contributed by atoms with Gasteiger partial charge in [-0.25, -0.2) is 9.50 Å². The number of anilines is 1. The highest BCUT2D eigenvalue weighted by atomic mass is 32.2. The summed E-state index contributed by atoms with van der Waals surface area (Å²) >= 11 is 0. The van der Waals surface area contributed by atoms with Gasteiger partial charge in [-0.2, -0.15) is 18.1 Å². The lowest BCUT2D eigenvalue weighted by molar-refractivity contribution is -0.438. The number of aromatic nitrogens is 3. The van der Waals surface area contributed by atoms with E-state index >= 15 is 0 Å². The van der Waals surface area contributed by atoms with Crippen LogP contribution in [0.2, 0.25) is 0 Å². The van der Waals surface area contributed by atoms with Crippen molar-refractivity contribution in [3.05, 3.63) is 177 Å². The second kappa shape index (κ2) is 32.2. The Hall–Kier alpha value is -7.62. The van der Waals surface area contributed by atoms with Crippen molar-refractivity contribution in [2.75, 3.05) is 44.2 Å². The Morgan fingerprint density at radius 3 is 2.13 bits per heavy atom. The Bertz CT molecular complexity index is 3920. The number of nitrogens with one attached hydrogen (secondary N) is 1. The summed E-state index contributed by atoms with van der Waals surface area (Å²) in [5.74, 6) is 2.27. The number of rotatable bonds is 33. The quantitative estimate of drug-likeness (QED) is 0.0231. The van der Waals surface area contributed by atoms with Crippen LogP contribution in [0.1, 0.15) is 204 Å². The number of ether oxygens (including phenoxy) is 2. The predicted molar refractivity (Wildman–Crippen MR) is 382 cm³/mol. The maximum Gasteiger partial charge on any atom is 0.294 e. The standard InChI is InChI=1S/C79H103N7O7S/c1-12-17-25-49-84-69-44-32-56(6)52-67(69)78(8,9)71(84)46-36-59-29-28-30-60(76(59)93-64-40-42-65(43-41-64)94(89,90)91)37-47-72-79(10,11)68-53-57(7)33-45-70(68)85(72)50-26-22-23-31-73(87)80-48-24-20-18-19-21-27-51-92-63-38-34-58(35-39-63)75-66(55-74(88)83(15-4)16-5)77-81-61(13-2)54-62(14-3)86(77)82-75/h32-47,52-54H,12-31,48-51,55H2,1-11H3,(H-,80,87,89,90,91)/p+1. The van der Waals surface area contributed by atoms with Crippen LogP contribution in [-0.4, -0.2) is 93.9 Å². The van der Waals surface area contributed by atoms with E-state index in [1.54, 1.807) is 12.1 Å². The number of amides is 2. The van der Waals surface area contributed by atoms with Gasteiger partial charge >= 0.3 is 0 Å². The van der Waals surface area contributed by atoms with Crippen molar-refractivity contribution in [2.45, 2.75) is 214 Å². The van der Waals surface area contributed by atoms with Crippen LogP contribution in [0.4, 0.5) is 11.4 Å². The van der Waals surface area contributed by atoms with E-state index in [2.05, 4.69) is 144 Å². The van der Waals surface area contributed by atoms with Crippen molar-refractivity contribution >= 4 is 44.7 Å². The average molecular weight is 1300 g/mol. The van der Waals surface area contributed by atoms with E-state index in [-0.39, 0.29) is 34.0 Å². The number of hydrogen-bond donors (Lipinski definition) is 2. The summed E-state index contributed by atoms with van der Waals surface area (Å²) in [4.78, 5) is 35.6. The van der Waals surface area contributed by atoms with Gasteiger partial charge in [0.1, 0.15) is 23.8 Å². The van der Waals surface area contributed by atoms with Gasteiger partial charge in [0, 0.05) is 96.0 Å². The Labute approximate surface area is 561 Å². The maximum absolute atomic E-state index is 13.4. The van der Waals surface area contributed by atoms with Gasteiger partial charge < -0.3 is 24.6 Å². The van der Waals surface area contributed by atoms with E-state index < -0.39 is 10.1 Å². The molecule has 3 aliphatic rings. The second-order valence-electron chi connectivity index (χ2n) is 26.9. The normalized spacial score (nSPS) is 16.1. The van der Waals surface area contributed by atoms with E-state index in [1.165, 1.54) is 57.2 Å². The Balaban J connectivity index is 0.767. The van der Waals surface area contributed by atoms with E-state index in [0.29, 0.717) is 38.4 Å². The minimum absolute atomic E-state index is 0.0776. The molecule has 0 saturated carbocycles. The van der Waals surface area contributed by atoms with Crippen molar-refractivity contribution in [3.63, 3.8) is 0 Å². The topological polar surface area (TPSA) is 159 Å². The first kappa shape index (κ1) is 70.7. The number of unbranched alkanes of at least 4 members (excludes halogenated alkanes) is 9. The summed E-state index contributed by atoms with van der Waals surface area (Å²) in [5.41, 5.74) is 17.1. The minimum Gasteiger partial charge on any atom is -0.494 e. The number of benzene rings is 4. The number of fused-ring (bicyclic) bond motifs is 3. The fourth-order valence-corrected chi connectivity index (χ4v) is 14.3. The summed E-state index contributed by atoms with van der Waals surface area (Å²) in [7, 11) is -4.38. The van der Waals surface area contributed by atoms with Crippen LogP contribution in [0.5, 0.6) is 11.5 Å². The first-order chi connectivity index (χ1) is 45.2. The molecule has 6 aromatic rings. The zero-order valence-electron chi connectivity index (χ0n) is 58.1. The molecule has 4 aromatic carbocycles.